The van der Waals surface area contributed by atoms with Gasteiger partial charge >= 0.3 is 12.2 Å². The Morgan fingerprint density at radius 1 is 1.13 bits per heavy atom. The summed E-state index contributed by atoms with van der Waals surface area (Å²) in [6, 6.07) is 0. The predicted molar refractivity (Wildman–Crippen MR) is 55.1 cm³/mol. The normalized spacial score (nSPS) is 10.8. The van der Waals surface area contributed by atoms with E-state index in [1.165, 1.54) is 0 Å². The molecule has 0 bridgehead atoms. The van der Waals surface area contributed by atoms with Crippen LogP contribution >= 0.6 is 0 Å². The third-order valence-corrected chi connectivity index (χ3v) is 2.19. The van der Waals surface area contributed by atoms with E-state index in [9.17, 15) is 9.59 Å². The second-order valence-corrected chi connectivity index (χ2v) is 3.88. The summed E-state index contributed by atoms with van der Waals surface area (Å²) in [6.45, 7) is 4.31. The maximum Gasteiger partial charge on any atom is 0.404 e. The summed E-state index contributed by atoms with van der Waals surface area (Å²) in [5.74, 6) is 0. The van der Waals surface area contributed by atoms with E-state index in [-0.39, 0.29) is 18.5 Å². The number of hydrogen-bond acceptors (Lipinski definition) is 2. The third-order valence-electron chi connectivity index (χ3n) is 2.19. The largest absolute Gasteiger partial charge is 0.465 e. The van der Waals surface area contributed by atoms with Gasteiger partial charge < -0.3 is 20.8 Å². The fourth-order valence-electron chi connectivity index (χ4n) is 1.42. The van der Waals surface area contributed by atoms with Crippen molar-refractivity contribution in [2.45, 2.75) is 26.7 Å². The van der Waals surface area contributed by atoms with Crippen LogP contribution < -0.4 is 10.6 Å². The smallest absolute Gasteiger partial charge is 0.404 e. The summed E-state index contributed by atoms with van der Waals surface area (Å²) in [5.41, 5.74) is -0.370. The van der Waals surface area contributed by atoms with E-state index < -0.39 is 12.2 Å². The van der Waals surface area contributed by atoms with Gasteiger partial charge in [-0.05, 0) is 6.42 Å². The van der Waals surface area contributed by atoms with Gasteiger partial charge in [0.1, 0.15) is 0 Å². The van der Waals surface area contributed by atoms with E-state index in [1.54, 1.807) is 0 Å². The van der Waals surface area contributed by atoms with Gasteiger partial charge in [0.05, 0.1) is 0 Å². The average Bonchev–Trinajstić information content (AvgIpc) is 2.13. The van der Waals surface area contributed by atoms with Crippen LogP contribution in [0.3, 0.4) is 0 Å². The van der Waals surface area contributed by atoms with Crippen molar-refractivity contribution in [2.24, 2.45) is 5.41 Å². The first-order valence-corrected chi connectivity index (χ1v) is 4.83. The van der Waals surface area contributed by atoms with Crippen molar-refractivity contribution in [2.75, 3.05) is 13.1 Å². The molecule has 0 aromatic carbocycles. The number of amides is 2. The highest BCUT2D eigenvalue weighted by Gasteiger charge is 2.24. The topological polar surface area (TPSA) is 98.7 Å². The number of carbonyl (C=O) groups is 2. The Morgan fingerprint density at radius 3 is 1.80 bits per heavy atom. The first-order valence-electron chi connectivity index (χ1n) is 4.83. The molecule has 0 spiro atoms. The first kappa shape index (κ1) is 13.5. The van der Waals surface area contributed by atoms with Crippen LogP contribution in [0.1, 0.15) is 26.7 Å². The van der Waals surface area contributed by atoms with E-state index in [1.807, 2.05) is 13.8 Å². The Bertz CT molecular complexity index is 212. The van der Waals surface area contributed by atoms with E-state index in [0.717, 1.165) is 12.8 Å². The summed E-state index contributed by atoms with van der Waals surface area (Å²) in [7, 11) is 0. The highest BCUT2D eigenvalue weighted by Crippen LogP contribution is 2.21. The molecule has 0 fully saturated rings. The Balaban J connectivity index is 4.17. The Morgan fingerprint density at radius 2 is 1.53 bits per heavy atom. The average molecular weight is 218 g/mol. The molecule has 4 N–H and O–H groups in total. The molecule has 0 heterocycles. The monoisotopic (exact) mass is 218 g/mol. The Hall–Kier alpha value is -1.46. The molecule has 0 atom stereocenters. The SMILES string of the molecule is CCCC(C)(CNC(=O)O)CNC(=O)O. The molecule has 0 unspecified atom stereocenters. The van der Waals surface area contributed by atoms with E-state index in [0.29, 0.717) is 0 Å². The van der Waals surface area contributed by atoms with Gasteiger partial charge in [-0.2, -0.15) is 0 Å². The van der Waals surface area contributed by atoms with Gasteiger partial charge in [-0.25, -0.2) is 9.59 Å². The zero-order chi connectivity index (χ0) is 11.9. The summed E-state index contributed by atoms with van der Waals surface area (Å²) >= 11 is 0. The molecule has 88 valence electrons. The zero-order valence-electron chi connectivity index (χ0n) is 9.04. The molecule has 0 saturated heterocycles. The molecule has 0 aromatic rings. The van der Waals surface area contributed by atoms with Gasteiger partial charge in [-0.15, -0.1) is 0 Å². The van der Waals surface area contributed by atoms with Gasteiger partial charge in [0.2, 0.25) is 0 Å². The molecular weight excluding hydrogens is 200 g/mol. The molecule has 2 amide bonds. The highest BCUT2D eigenvalue weighted by molar-refractivity contribution is 5.65. The van der Waals surface area contributed by atoms with Crippen LogP contribution in [0.4, 0.5) is 9.59 Å². The molecule has 0 saturated carbocycles. The molecule has 6 heteroatoms. The summed E-state index contributed by atoms with van der Waals surface area (Å²) in [4.78, 5) is 20.7. The van der Waals surface area contributed by atoms with Crippen molar-refractivity contribution in [3.63, 3.8) is 0 Å². The zero-order valence-corrected chi connectivity index (χ0v) is 9.04. The molecule has 0 aliphatic rings. The molecule has 0 aliphatic carbocycles. The van der Waals surface area contributed by atoms with Crippen LogP contribution in [-0.4, -0.2) is 35.5 Å². The third kappa shape index (κ3) is 6.59. The minimum absolute atomic E-state index is 0.246. The lowest BCUT2D eigenvalue weighted by atomic mass is 9.85. The molecular formula is C9H18N2O4. The van der Waals surface area contributed by atoms with Crippen molar-refractivity contribution in [3.8, 4) is 0 Å². The van der Waals surface area contributed by atoms with Crippen molar-refractivity contribution < 1.29 is 19.8 Å². The summed E-state index contributed by atoms with van der Waals surface area (Å²) < 4.78 is 0. The Labute approximate surface area is 88.7 Å². The molecule has 0 rings (SSSR count). The quantitative estimate of drug-likeness (QED) is 0.540. The summed E-state index contributed by atoms with van der Waals surface area (Å²) in [5, 5.41) is 21.5. The molecule has 15 heavy (non-hydrogen) atoms. The van der Waals surface area contributed by atoms with Crippen LogP contribution in [0.5, 0.6) is 0 Å². The van der Waals surface area contributed by atoms with Gasteiger partial charge in [-0.3, -0.25) is 0 Å². The van der Waals surface area contributed by atoms with Gasteiger partial charge in [0.15, 0.2) is 0 Å². The van der Waals surface area contributed by atoms with E-state index >= 15 is 0 Å². The molecule has 0 radical (unpaired) electrons. The van der Waals surface area contributed by atoms with Crippen molar-refractivity contribution in [3.05, 3.63) is 0 Å². The van der Waals surface area contributed by atoms with Gasteiger partial charge in [-0.1, -0.05) is 20.3 Å². The van der Waals surface area contributed by atoms with Gasteiger partial charge in [0, 0.05) is 18.5 Å². The maximum atomic E-state index is 10.3. The molecule has 6 nitrogen and oxygen atoms in total. The predicted octanol–water partition coefficient (Wildman–Crippen LogP) is 1.33. The Kier molecular flexibility index (Phi) is 5.51. The lowest BCUT2D eigenvalue weighted by molar-refractivity contribution is 0.175. The van der Waals surface area contributed by atoms with Crippen LogP contribution in [0.15, 0.2) is 0 Å². The summed E-state index contributed by atoms with van der Waals surface area (Å²) in [6.07, 6.45) is -0.549. The lowest BCUT2D eigenvalue weighted by Gasteiger charge is -2.28. The highest BCUT2D eigenvalue weighted by atomic mass is 16.4. The minimum Gasteiger partial charge on any atom is -0.465 e. The fraction of sp³-hybridized carbons (Fsp3) is 0.778. The standard InChI is InChI=1S/C9H18N2O4/c1-3-4-9(2,5-10-7(12)13)6-11-8(14)15/h10-11H,3-6H2,1-2H3,(H,12,13)(H,14,15). The lowest BCUT2D eigenvalue weighted by Crippen LogP contribution is -2.43. The van der Waals surface area contributed by atoms with E-state index in [4.69, 9.17) is 10.2 Å². The number of nitrogens with one attached hydrogen (secondary N) is 2. The molecule has 0 aromatic heterocycles. The van der Waals surface area contributed by atoms with Crippen molar-refractivity contribution in [1.29, 1.82) is 0 Å². The van der Waals surface area contributed by atoms with Crippen molar-refractivity contribution >= 4 is 12.2 Å². The van der Waals surface area contributed by atoms with Crippen LogP contribution in [0.2, 0.25) is 0 Å². The van der Waals surface area contributed by atoms with Gasteiger partial charge in [0.25, 0.3) is 0 Å². The second kappa shape index (κ2) is 6.10. The number of carboxylic acid groups (broad SMARTS) is 2. The number of rotatable bonds is 6. The molecule has 0 aliphatic heterocycles. The fourth-order valence-corrected chi connectivity index (χ4v) is 1.42. The van der Waals surface area contributed by atoms with Crippen LogP contribution in [0.25, 0.3) is 0 Å². The van der Waals surface area contributed by atoms with Crippen LogP contribution in [-0.2, 0) is 0 Å². The van der Waals surface area contributed by atoms with Crippen molar-refractivity contribution in [1.82, 2.24) is 10.6 Å². The van der Waals surface area contributed by atoms with E-state index in [2.05, 4.69) is 10.6 Å². The maximum absolute atomic E-state index is 10.3. The second-order valence-electron chi connectivity index (χ2n) is 3.88. The van der Waals surface area contributed by atoms with Crippen LogP contribution in [0, 0.1) is 5.41 Å². The minimum atomic E-state index is -1.09. The number of hydrogen-bond donors (Lipinski definition) is 4. The first-order chi connectivity index (χ1) is 6.89.